The minimum absolute atomic E-state index is 0.138. The summed E-state index contributed by atoms with van der Waals surface area (Å²) in [7, 11) is 0. The van der Waals surface area contributed by atoms with Crippen LogP contribution in [0.2, 0.25) is 0 Å². The quantitative estimate of drug-likeness (QED) is 0.573. The molecule has 2 aliphatic carbocycles. The topological polar surface area (TPSA) is 99.7 Å². The summed E-state index contributed by atoms with van der Waals surface area (Å²) in [5.41, 5.74) is -1.65. The van der Waals surface area contributed by atoms with E-state index in [2.05, 4.69) is 0 Å². The molecule has 2 saturated heterocycles. The number of fused-ring (bicyclic) bond motifs is 2. The van der Waals surface area contributed by atoms with E-state index in [1.807, 2.05) is 0 Å². The van der Waals surface area contributed by atoms with Gasteiger partial charge in [0.2, 0.25) is 0 Å². The summed E-state index contributed by atoms with van der Waals surface area (Å²) in [6.07, 6.45) is 6.88. The average molecular weight is 324 g/mol. The monoisotopic (exact) mass is 324 g/mol. The first-order chi connectivity index (χ1) is 11.0. The van der Waals surface area contributed by atoms with Gasteiger partial charge in [-0.3, -0.25) is 9.59 Å². The van der Waals surface area contributed by atoms with Gasteiger partial charge in [0.25, 0.3) is 0 Å². The number of hydrogen-bond donors (Lipinski definition) is 2. The van der Waals surface area contributed by atoms with Crippen LogP contribution in [0.15, 0.2) is 0 Å². The van der Waals surface area contributed by atoms with Gasteiger partial charge in [0.15, 0.2) is 5.41 Å². The lowest BCUT2D eigenvalue weighted by Gasteiger charge is -2.33. The second kappa shape index (κ2) is 5.45. The molecule has 2 aliphatic heterocycles. The van der Waals surface area contributed by atoms with Crippen molar-refractivity contribution < 1.29 is 29.3 Å². The van der Waals surface area contributed by atoms with Gasteiger partial charge in [0.05, 0.1) is 24.4 Å². The van der Waals surface area contributed by atoms with Gasteiger partial charge in [-0.25, -0.2) is 0 Å². The number of hydrogen-bond acceptors (Lipinski definition) is 4. The second-order valence-electron chi connectivity index (χ2n) is 7.88. The highest BCUT2D eigenvalue weighted by atomic mass is 16.6. The van der Waals surface area contributed by atoms with Crippen molar-refractivity contribution in [3.05, 3.63) is 0 Å². The molecule has 0 radical (unpaired) electrons. The van der Waals surface area contributed by atoms with E-state index in [0.717, 1.165) is 38.5 Å². The van der Waals surface area contributed by atoms with Crippen molar-refractivity contribution in [2.75, 3.05) is 0 Å². The molecule has 6 atom stereocenters. The number of carbonyl (C=O) groups is 2. The normalized spacial score (nSPS) is 41.6. The Morgan fingerprint density at radius 1 is 0.783 bits per heavy atom. The van der Waals surface area contributed by atoms with Crippen LogP contribution in [0, 0.1) is 17.3 Å². The predicted molar refractivity (Wildman–Crippen MR) is 78.9 cm³/mol. The molecule has 0 aromatic carbocycles. The second-order valence-corrected chi connectivity index (χ2v) is 7.88. The van der Waals surface area contributed by atoms with Crippen molar-refractivity contribution in [2.24, 2.45) is 17.3 Å². The Morgan fingerprint density at radius 2 is 1.22 bits per heavy atom. The highest BCUT2D eigenvalue weighted by Gasteiger charge is 2.54. The van der Waals surface area contributed by atoms with Crippen molar-refractivity contribution in [3.8, 4) is 0 Å². The lowest BCUT2D eigenvalue weighted by atomic mass is 9.68. The fourth-order valence-electron chi connectivity index (χ4n) is 4.85. The summed E-state index contributed by atoms with van der Waals surface area (Å²) in [5.74, 6) is -2.08. The maximum Gasteiger partial charge on any atom is 0.321 e. The molecule has 2 saturated carbocycles. The first kappa shape index (κ1) is 15.4. The number of carboxylic acid groups (broad SMARTS) is 2. The maximum atomic E-state index is 12.0. The molecule has 0 bridgehead atoms. The molecule has 2 N–H and O–H groups in total. The third kappa shape index (κ3) is 2.87. The molecule has 6 unspecified atom stereocenters. The molecule has 4 rings (SSSR count). The molecule has 0 aromatic rings. The molecular formula is C17H24O6. The van der Waals surface area contributed by atoms with E-state index in [0.29, 0.717) is 12.2 Å². The van der Waals surface area contributed by atoms with Crippen LogP contribution in [0.5, 0.6) is 0 Å². The summed E-state index contributed by atoms with van der Waals surface area (Å²) in [6.45, 7) is 0. The van der Waals surface area contributed by atoms with Crippen LogP contribution in [-0.2, 0) is 19.1 Å². The van der Waals surface area contributed by atoms with Crippen molar-refractivity contribution in [1.82, 2.24) is 0 Å². The molecule has 0 aromatic heterocycles. The Balaban J connectivity index is 1.47. The van der Waals surface area contributed by atoms with Crippen LogP contribution in [0.4, 0.5) is 0 Å². The van der Waals surface area contributed by atoms with Crippen molar-refractivity contribution in [1.29, 1.82) is 0 Å². The van der Waals surface area contributed by atoms with E-state index in [4.69, 9.17) is 9.47 Å². The zero-order chi connectivity index (χ0) is 16.2. The molecule has 6 nitrogen and oxygen atoms in total. The Morgan fingerprint density at radius 3 is 1.57 bits per heavy atom. The zero-order valence-corrected chi connectivity index (χ0v) is 13.1. The van der Waals surface area contributed by atoms with Crippen LogP contribution in [0.25, 0.3) is 0 Å². The lowest BCUT2D eigenvalue weighted by Crippen LogP contribution is -2.43. The van der Waals surface area contributed by atoms with Crippen molar-refractivity contribution in [3.63, 3.8) is 0 Å². The molecule has 4 aliphatic rings. The highest BCUT2D eigenvalue weighted by molar-refractivity contribution is 5.98. The first-order valence-electron chi connectivity index (χ1n) is 8.75. The van der Waals surface area contributed by atoms with Gasteiger partial charge in [-0.1, -0.05) is 0 Å². The van der Waals surface area contributed by atoms with Crippen LogP contribution < -0.4 is 0 Å². The smallest absolute Gasteiger partial charge is 0.321 e. The Hall–Kier alpha value is -1.14. The van der Waals surface area contributed by atoms with E-state index in [1.54, 1.807) is 0 Å². The molecule has 2 heterocycles. The zero-order valence-electron chi connectivity index (χ0n) is 13.1. The van der Waals surface area contributed by atoms with E-state index in [1.165, 1.54) is 0 Å². The van der Waals surface area contributed by atoms with Crippen molar-refractivity contribution in [2.45, 2.75) is 75.8 Å². The van der Waals surface area contributed by atoms with Crippen molar-refractivity contribution >= 4 is 11.9 Å². The molecule has 6 heteroatoms. The van der Waals surface area contributed by atoms with E-state index >= 15 is 0 Å². The number of aliphatic carboxylic acids is 2. The molecule has 23 heavy (non-hydrogen) atoms. The average Bonchev–Trinajstić information content (AvgIpc) is 3.39. The van der Waals surface area contributed by atoms with E-state index in [-0.39, 0.29) is 36.9 Å². The number of ether oxygens (including phenoxy) is 2. The summed E-state index contributed by atoms with van der Waals surface area (Å²) in [5, 5.41) is 19.5. The Labute approximate surface area is 135 Å². The molecule has 0 amide bonds. The van der Waals surface area contributed by atoms with Gasteiger partial charge in [-0.15, -0.1) is 0 Å². The fourth-order valence-corrected chi connectivity index (χ4v) is 4.85. The Kier molecular flexibility index (Phi) is 3.65. The number of rotatable bonds is 6. The summed E-state index contributed by atoms with van der Waals surface area (Å²) < 4.78 is 11.0. The summed E-state index contributed by atoms with van der Waals surface area (Å²) >= 11 is 0. The molecule has 0 spiro atoms. The summed E-state index contributed by atoms with van der Waals surface area (Å²) in [4.78, 5) is 23.9. The minimum Gasteiger partial charge on any atom is -0.480 e. The third-order valence-corrected chi connectivity index (χ3v) is 6.32. The standard InChI is InChI=1S/C17H24O6/c18-15(19)17(16(20)21,7-9-1-3-11-13(5-9)22-11)8-10-2-4-12-14(6-10)23-12/h9-14H,1-8H2,(H,18,19)(H,20,21). The number of epoxide rings is 2. The van der Waals surface area contributed by atoms with Gasteiger partial charge in [0.1, 0.15) is 0 Å². The predicted octanol–water partition coefficient (Wildman–Crippen LogP) is 2.06. The van der Waals surface area contributed by atoms with Crippen LogP contribution in [0.1, 0.15) is 51.4 Å². The Bertz CT molecular complexity index is 471. The van der Waals surface area contributed by atoms with Gasteiger partial charge >= 0.3 is 11.9 Å². The molecule has 128 valence electrons. The lowest BCUT2D eigenvalue weighted by molar-refractivity contribution is -0.168. The first-order valence-corrected chi connectivity index (χ1v) is 8.75. The third-order valence-electron chi connectivity index (χ3n) is 6.32. The number of carboxylic acids is 2. The van der Waals surface area contributed by atoms with E-state index < -0.39 is 17.4 Å². The fraction of sp³-hybridized carbons (Fsp3) is 0.882. The SMILES string of the molecule is O=C(O)C(CC1CCC2OC2C1)(CC1CCC2OC2C1)C(=O)O. The van der Waals surface area contributed by atoms with Crippen LogP contribution in [0.3, 0.4) is 0 Å². The van der Waals surface area contributed by atoms with Gasteiger partial charge in [-0.05, 0) is 63.2 Å². The minimum atomic E-state index is -1.65. The van der Waals surface area contributed by atoms with Crippen LogP contribution in [-0.4, -0.2) is 46.6 Å². The highest BCUT2D eigenvalue weighted by Crippen LogP contribution is 2.48. The maximum absolute atomic E-state index is 12.0. The molecular weight excluding hydrogens is 300 g/mol. The molecule has 4 fully saturated rings. The largest absolute Gasteiger partial charge is 0.480 e. The summed E-state index contributed by atoms with van der Waals surface area (Å²) in [6, 6.07) is 0. The van der Waals surface area contributed by atoms with Gasteiger partial charge < -0.3 is 19.7 Å². The van der Waals surface area contributed by atoms with Gasteiger partial charge in [-0.2, -0.15) is 0 Å². The van der Waals surface area contributed by atoms with Gasteiger partial charge in [0, 0.05) is 0 Å². The van der Waals surface area contributed by atoms with E-state index in [9.17, 15) is 19.8 Å². The van der Waals surface area contributed by atoms with Crippen LogP contribution >= 0.6 is 0 Å².